The third kappa shape index (κ3) is 5.01. The number of benzene rings is 3. The molecule has 158 valence electrons. The van der Waals surface area contributed by atoms with Gasteiger partial charge in [-0.25, -0.2) is 4.98 Å². The van der Waals surface area contributed by atoms with Crippen LogP contribution in [0, 0.1) is 6.92 Å². The lowest BCUT2D eigenvalue weighted by molar-refractivity contribution is 0.0949. The Morgan fingerprint density at radius 2 is 1.84 bits per heavy atom. The van der Waals surface area contributed by atoms with Gasteiger partial charge in [0.15, 0.2) is 0 Å². The van der Waals surface area contributed by atoms with Gasteiger partial charge >= 0.3 is 0 Å². The van der Waals surface area contributed by atoms with Crippen LogP contribution in [0.1, 0.15) is 21.7 Å². The van der Waals surface area contributed by atoms with Crippen LogP contribution in [-0.4, -0.2) is 22.1 Å². The highest BCUT2D eigenvalue weighted by atomic mass is 35.5. The van der Waals surface area contributed by atoms with Crippen molar-refractivity contribution in [3.05, 3.63) is 93.7 Å². The number of fused-ring (bicyclic) bond motifs is 1. The van der Waals surface area contributed by atoms with E-state index >= 15 is 0 Å². The van der Waals surface area contributed by atoms with E-state index in [1.807, 2.05) is 49.4 Å². The maximum Gasteiger partial charge on any atom is 0.251 e. The average Bonchev–Trinajstić information content (AvgIpc) is 3.12. The maximum atomic E-state index is 12.5. The van der Waals surface area contributed by atoms with Crippen molar-refractivity contribution >= 4 is 40.1 Å². The van der Waals surface area contributed by atoms with Crippen LogP contribution in [0.15, 0.2) is 66.7 Å². The maximum absolute atomic E-state index is 12.5. The van der Waals surface area contributed by atoms with Gasteiger partial charge in [0.1, 0.15) is 18.2 Å². The van der Waals surface area contributed by atoms with Crippen LogP contribution >= 0.6 is 23.2 Å². The second-order valence-corrected chi connectivity index (χ2v) is 7.96. The number of para-hydroxylation sites is 2. The first-order valence-electron chi connectivity index (χ1n) is 9.88. The molecule has 0 atom stereocenters. The molecule has 0 aliphatic heterocycles. The third-order valence-corrected chi connectivity index (χ3v) is 5.64. The van der Waals surface area contributed by atoms with E-state index < -0.39 is 0 Å². The molecule has 0 aliphatic rings. The molecule has 0 unspecified atom stereocenters. The monoisotopic (exact) mass is 453 g/mol. The SMILES string of the molecule is Cc1cc(OCCn2c(CNC(=O)c3ccc(Cl)cc3)nc3ccccc32)ccc1Cl. The summed E-state index contributed by atoms with van der Waals surface area (Å²) in [4.78, 5) is 17.2. The van der Waals surface area contributed by atoms with Gasteiger partial charge in [-0.1, -0.05) is 35.3 Å². The highest BCUT2D eigenvalue weighted by Gasteiger charge is 2.13. The number of ether oxygens (including phenoxy) is 1. The molecule has 1 aromatic heterocycles. The zero-order valence-corrected chi connectivity index (χ0v) is 18.5. The molecular weight excluding hydrogens is 433 g/mol. The van der Waals surface area contributed by atoms with Crippen molar-refractivity contribution in [3.8, 4) is 5.75 Å². The number of aromatic nitrogens is 2. The highest BCUT2D eigenvalue weighted by Crippen LogP contribution is 2.22. The lowest BCUT2D eigenvalue weighted by atomic mass is 10.2. The largest absolute Gasteiger partial charge is 0.492 e. The summed E-state index contributed by atoms with van der Waals surface area (Å²) in [5.41, 5.74) is 3.39. The molecule has 1 heterocycles. The predicted molar refractivity (Wildman–Crippen MR) is 124 cm³/mol. The summed E-state index contributed by atoms with van der Waals surface area (Å²) in [5, 5.41) is 4.24. The van der Waals surface area contributed by atoms with Crippen molar-refractivity contribution in [3.63, 3.8) is 0 Å². The summed E-state index contributed by atoms with van der Waals surface area (Å²) in [5.74, 6) is 1.35. The molecule has 0 saturated carbocycles. The molecule has 7 heteroatoms. The Balaban J connectivity index is 1.48. The topological polar surface area (TPSA) is 56.1 Å². The van der Waals surface area contributed by atoms with Gasteiger partial charge in [-0.3, -0.25) is 4.79 Å². The number of carbonyl (C=O) groups excluding carboxylic acids is 1. The minimum atomic E-state index is -0.178. The van der Waals surface area contributed by atoms with Gasteiger partial charge < -0.3 is 14.6 Å². The van der Waals surface area contributed by atoms with E-state index in [2.05, 4.69) is 9.88 Å². The Labute approximate surface area is 190 Å². The van der Waals surface area contributed by atoms with Crippen LogP contribution in [0.3, 0.4) is 0 Å². The summed E-state index contributed by atoms with van der Waals surface area (Å²) in [7, 11) is 0. The molecule has 4 rings (SSSR count). The van der Waals surface area contributed by atoms with Crippen LogP contribution in [0.25, 0.3) is 11.0 Å². The zero-order chi connectivity index (χ0) is 21.8. The number of nitrogens with zero attached hydrogens (tertiary/aromatic N) is 2. The number of amides is 1. The minimum absolute atomic E-state index is 0.178. The molecule has 5 nitrogen and oxygen atoms in total. The third-order valence-electron chi connectivity index (χ3n) is 4.96. The Bertz CT molecular complexity index is 1220. The van der Waals surface area contributed by atoms with Gasteiger partial charge in [0.25, 0.3) is 5.91 Å². The first-order chi connectivity index (χ1) is 15.0. The van der Waals surface area contributed by atoms with E-state index in [4.69, 9.17) is 32.9 Å². The van der Waals surface area contributed by atoms with E-state index in [1.54, 1.807) is 24.3 Å². The van der Waals surface area contributed by atoms with Gasteiger partial charge in [-0.15, -0.1) is 0 Å². The van der Waals surface area contributed by atoms with Crippen molar-refractivity contribution in [2.45, 2.75) is 20.0 Å². The number of hydrogen-bond acceptors (Lipinski definition) is 3. The second-order valence-electron chi connectivity index (χ2n) is 7.12. The lowest BCUT2D eigenvalue weighted by Gasteiger charge is -2.12. The minimum Gasteiger partial charge on any atom is -0.492 e. The Kier molecular flexibility index (Phi) is 6.44. The van der Waals surface area contributed by atoms with Gasteiger partial charge in [-0.2, -0.15) is 0 Å². The number of aryl methyl sites for hydroxylation is 1. The standard InChI is InChI=1S/C24H21Cl2N3O2/c1-16-14-19(10-11-20(16)26)31-13-12-29-22-5-3-2-4-21(22)28-23(29)15-27-24(30)17-6-8-18(25)9-7-17/h2-11,14H,12-13,15H2,1H3,(H,27,30). The molecule has 3 aromatic carbocycles. The number of halogens is 2. The molecule has 0 radical (unpaired) electrons. The fraction of sp³-hybridized carbons (Fsp3) is 0.167. The number of rotatable bonds is 7. The van der Waals surface area contributed by atoms with Crippen molar-refractivity contribution in [2.24, 2.45) is 0 Å². The van der Waals surface area contributed by atoms with E-state index in [9.17, 15) is 4.79 Å². The average molecular weight is 454 g/mol. The lowest BCUT2D eigenvalue weighted by Crippen LogP contribution is -2.25. The van der Waals surface area contributed by atoms with E-state index in [0.717, 1.165) is 28.2 Å². The predicted octanol–water partition coefficient (Wildman–Crippen LogP) is 5.66. The number of imidazole rings is 1. The van der Waals surface area contributed by atoms with Crippen molar-refractivity contribution in [1.82, 2.24) is 14.9 Å². The normalized spacial score (nSPS) is 10.9. The molecule has 4 aromatic rings. The zero-order valence-electron chi connectivity index (χ0n) is 16.9. The van der Waals surface area contributed by atoms with Crippen LogP contribution in [0.4, 0.5) is 0 Å². The van der Waals surface area contributed by atoms with Gasteiger partial charge in [0.05, 0.1) is 24.1 Å². The molecular formula is C24H21Cl2N3O2. The summed E-state index contributed by atoms with van der Waals surface area (Å²) < 4.78 is 7.99. The van der Waals surface area contributed by atoms with Crippen LogP contribution < -0.4 is 10.1 Å². The summed E-state index contributed by atoms with van der Waals surface area (Å²) in [6.07, 6.45) is 0. The summed E-state index contributed by atoms with van der Waals surface area (Å²) in [6, 6.07) is 20.3. The second kappa shape index (κ2) is 9.41. The summed E-state index contributed by atoms with van der Waals surface area (Å²) >= 11 is 12.0. The molecule has 0 spiro atoms. The van der Waals surface area contributed by atoms with E-state index in [1.165, 1.54) is 0 Å². The van der Waals surface area contributed by atoms with E-state index in [0.29, 0.717) is 35.3 Å². The first kappa shape index (κ1) is 21.2. The number of carbonyl (C=O) groups is 1. The highest BCUT2D eigenvalue weighted by molar-refractivity contribution is 6.31. The smallest absolute Gasteiger partial charge is 0.251 e. The van der Waals surface area contributed by atoms with Gasteiger partial charge in [0.2, 0.25) is 0 Å². The quantitative estimate of drug-likeness (QED) is 0.392. The molecule has 0 bridgehead atoms. The summed E-state index contributed by atoms with van der Waals surface area (Å²) in [6.45, 7) is 3.30. The Morgan fingerprint density at radius 3 is 2.61 bits per heavy atom. The molecule has 0 aliphatic carbocycles. The Morgan fingerprint density at radius 1 is 1.06 bits per heavy atom. The fourth-order valence-electron chi connectivity index (χ4n) is 3.33. The van der Waals surface area contributed by atoms with E-state index in [-0.39, 0.29) is 5.91 Å². The van der Waals surface area contributed by atoms with Crippen LogP contribution in [-0.2, 0) is 13.1 Å². The van der Waals surface area contributed by atoms with Crippen LogP contribution in [0.2, 0.25) is 10.0 Å². The number of hydrogen-bond donors (Lipinski definition) is 1. The fourth-order valence-corrected chi connectivity index (χ4v) is 3.58. The van der Waals surface area contributed by atoms with Crippen molar-refractivity contribution in [2.75, 3.05) is 6.61 Å². The van der Waals surface area contributed by atoms with Gasteiger partial charge in [-0.05, 0) is 67.1 Å². The first-order valence-corrected chi connectivity index (χ1v) is 10.6. The van der Waals surface area contributed by atoms with Crippen molar-refractivity contribution < 1.29 is 9.53 Å². The number of nitrogens with one attached hydrogen (secondary N) is 1. The Hall–Kier alpha value is -3.02. The van der Waals surface area contributed by atoms with Crippen molar-refractivity contribution in [1.29, 1.82) is 0 Å². The molecule has 1 amide bonds. The molecule has 31 heavy (non-hydrogen) atoms. The van der Waals surface area contributed by atoms with Crippen LogP contribution in [0.5, 0.6) is 5.75 Å². The molecule has 1 N–H and O–H groups in total. The molecule has 0 fully saturated rings. The molecule has 0 saturated heterocycles. The van der Waals surface area contributed by atoms with Gasteiger partial charge in [0, 0.05) is 15.6 Å².